The van der Waals surface area contributed by atoms with Gasteiger partial charge in [-0.05, 0) is 6.42 Å². The van der Waals surface area contributed by atoms with Crippen molar-refractivity contribution in [3.63, 3.8) is 0 Å². The zero-order valence-electron chi connectivity index (χ0n) is 14.3. The molecule has 0 radical (unpaired) electrons. The van der Waals surface area contributed by atoms with Gasteiger partial charge in [0.2, 0.25) is 5.75 Å². The number of thiazole rings is 1. The van der Waals surface area contributed by atoms with E-state index in [2.05, 4.69) is 9.97 Å². The normalized spacial score (nSPS) is 12.0. The number of rotatable bonds is 8. The van der Waals surface area contributed by atoms with E-state index in [-0.39, 0.29) is 22.9 Å². The van der Waals surface area contributed by atoms with E-state index in [0.29, 0.717) is 17.1 Å². The average Bonchev–Trinajstić information content (AvgIpc) is 3.08. The molecule has 136 valence electrons. The summed E-state index contributed by atoms with van der Waals surface area (Å²) in [4.78, 5) is 20.0. The average molecular weight is 367 g/mol. The summed E-state index contributed by atoms with van der Waals surface area (Å²) in [5, 5.41) is 22.5. The van der Waals surface area contributed by atoms with E-state index in [1.165, 1.54) is 25.6 Å². The summed E-state index contributed by atoms with van der Waals surface area (Å²) in [5.41, 5.74) is 5.53. The Morgan fingerprint density at radius 3 is 2.56 bits per heavy atom. The number of primary amides is 1. The molecule has 0 fully saturated rings. The second-order valence-corrected chi connectivity index (χ2v) is 6.21. The molecule has 2 heterocycles. The number of hydrogen-bond acceptors (Lipinski definition) is 8. The number of methoxy groups -OCH3 is 2. The monoisotopic (exact) mass is 367 g/mol. The third-order valence-corrected chi connectivity index (χ3v) is 4.55. The van der Waals surface area contributed by atoms with Gasteiger partial charge in [-0.25, -0.2) is 9.97 Å². The Morgan fingerprint density at radius 2 is 2.00 bits per heavy atom. The predicted octanol–water partition coefficient (Wildman–Crippen LogP) is 2.25. The molecule has 9 heteroatoms. The van der Waals surface area contributed by atoms with Crippen LogP contribution in [0.15, 0.2) is 5.38 Å². The molecule has 0 saturated heterocycles. The van der Waals surface area contributed by atoms with Crippen LogP contribution in [0.1, 0.15) is 47.8 Å². The Hall–Kier alpha value is -2.39. The van der Waals surface area contributed by atoms with Crippen molar-refractivity contribution in [3.05, 3.63) is 16.1 Å². The number of pyridine rings is 1. The number of aliphatic hydroxyl groups excluding tert-OH is 1. The fourth-order valence-corrected chi connectivity index (χ4v) is 3.16. The number of amides is 1. The van der Waals surface area contributed by atoms with Crippen LogP contribution in [0.4, 0.5) is 0 Å². The minimum Gasteiger partial charge on any atom is -0.503 e. The topological polar surface area (TPSA) is 128 Å². The van der Waals surface area contributed by atoms with Crippen LogP contribution in [-0.4, -0.2) is 40.3 Å². The first-order valence-electron chi connectivity index (χ1n) is 7.73. The van der Waals surface area contributed by atoms with Crippen LogP contribution in [0.3, 0.4) is 0 Å². The summed E-state index contributed by atoms with van der Waals surface area (Å²) in [6.45, 7) is 2.04. The smallest absolute Gasteiger partial charge is 0.271 e. The van der Waals surface area contributed by atoms with E-state index in [1.807, 2.05) is 6.92 Å². The number of carbonyl (C=O) groups is 1. The summed E-state index contributed by atoms with van der Waals surface area (Å²) in [7, 11) is 2.71. The van der Waals surface area contributed by atoms with Crippen LogP contribution in [0.5, 0.6) is 17.2 Å². The third-order valence-electron chi connectivity index (χ3n) is 3.61. The number of aromatic nitrogens is 2. The lowest BCUT2D eigenvalue weighted by Gasteiger charge is -2.14. The van der Waals surface area contributed by atoms with E-state index in [9.17, 15) is 15.0 Å². The fraction of sp³-hybridized carbons (Fsp3) is 0.438. The molecule has 1 atom stereocenters. The number of nitrogens with zero attached hydrogens (tertiary/aromatic N) is 2. The van der Waals surface area contributed by atoms with Gasteiger partial charge >= 0.3 is 0 Å². The van der Waals surface area contributed by atoms with Gasteiger partial charge < -0.3 is 25.4 Å². The first-order valence-corrected chi connectivity index (χ1v) is 8.61. The lowest BCUT2D eigenvalue weighted by atomic mass is 10.1. The van der Waals surface area contributed by atoms with Crippen LogP contribution < -0.4 is 15.2 Å². The van der Waals surface area contributed by atoms with Crippen molar-refractivity contribution in [2.24, 2.45) is 5.73 Å². The Kier molecular flexibility index (Phi) is 6.16. The number of hydrogen-bond donors (Lipinski definition) is 3. The van der Waals surface area contributed by atoms with Gasteiger partial charge in [0.25, 0.3) is 5.91 Å². The summed E-state index contributed by atoms with van der Waals surface area (Å²) < 4.78 is 10.4. The highest BCUT2D eigenvalue weighted by Gasteiger charge is 2.26. The van der Waals surface area contributed by atoms with Gasteiger partial charge in [0, 0.05) is 5.38 Å². The Balaban J connectivity index is 2.53. The predicted molar refractivity (Wildman–Crippen MR) is 93.1 cm³/mol. The summed E-state index contributed by atoms with van der Waals surface area (Å²) >= 11 is 1.28. The molecule has 8 nitrogen and oxygen atoms in total. The molecule has 0 bridgehead atoms. The van der Waals surface area contributed by atoms with Crippen LogP contribution in [0.2, 0.25) is 0 Å². The summed E-state index contributed by atoms with van der Waals surface area (Å²) in [6, 6.07) is 0. The van der Waals surface area contributed by atoms with Gasteiger partial charge in [0.1, 0.15) is 22.5 Å². The molecule has 2 aromatic rings. The molecule has 0 aromatic carbocycles. The fourth-order valence-electron chi connectivity index (χ4n) is 2.33. The molecule has 25 heavy (non-hydrogen) atoms. The maximum Gasteiger partial charge on any atom is 0.271 e. The molecule has 0 aliphatic rings. The minimum atomic E-state index is -0.905. The third kappa shape index (κ3) is 3.83. The quantitative estimate of drug-likeness (QED) is 0.653. The van der Waals surface area contributed by atoms with Gasteiger partial charge in [-0.1, -0.05) is 19.8 Å². The molecule has 0 spiro atoms. The molecular formula is C16H21N3O5S. The number of aromatic hydroxyl groups is 1. The standard InChI is InChI=1S/C16H21N3O5S/c1-4-5-6-9(20)16-18-8(7-25-16)10-13(23-2)14(24-3)12(21)11(19-10)15(17)22/h7,9,20-21H,4-6H2,1-3H3,(H2,17,22)/t9-/m0/s1. The van der Waals surface area contributed by atoms with Crippen molar-refractivity contribution in [2.75, 3.05) is 14.2 Å². The molecule has 0 aliphatic heterocycles. The lowest BCUT2D eigenvalue weighted by Crippen LogP contribution is -2.15. The zero-order chi connectivity index (χ0) is 18.6. The molecule has 0 aliphatic carbocycles. The van der Waals surface area contributed by atoms with Crippen molar-refractivity contribution >= 4 is 17.2 Å². The van der Waals surface area contributed by atoms with Crippen molar-refractivity contribution in [3.8, 4) is 28.6 Å². The van der Waals surface area contributed by atoms with Gasteiger partial charge in [-0.3, -0.25) is 4.79 Å². The number of aliphatic hydroxyl groups is 1. The van der Waals surface area contributed by atoms with Gasteiger partial charge in [-0.15, -0.1) is 11.3 Å². The summed E-state index contributed by atoms with van der Waals surface area (Å²) in [5.74, 6) is -1.32. The zero-order valence-corrected chi connectivity index (χ0v) is 15.1. The second-order valence-electron chi connectivity index (χ2n) is 5.32. The Bertz CT molecular complexity index is 762. The van der Waals surface area contributed by atoms with Crippen LogP contribution in [0, 0.1) is 0 Å². The minimum absolute atomic E-state index is 0.0534. The highest BCUT2D eigenvalue weighted by Crippen LogP contribution is 2.44. The Morgan fingerprint density at radius 1 is 1.32 bits per heavy atom. The maximum atomic E-state index is 11.6. The number of carbonyl (C=O) groups excluding carboxylic acids is 1. The number of unbranched alkanes of at least 4 members (excludes halogenated alkanes) is 1. The highest BCUT2D eigenvalue weighted by molar-refractivity contribution is 7.10. The van der Waals surface area contributed by atoms with E-state index in [4.69, 9.17) is 15.2 Å². The van der Waals surface area contributed by atoms with E-state index in [0.717, 1.165) is 12.8 Å². The van der Waals surface area contributed by atoms with Crippen molar-refractivity contribution in [1.29, 1.82) is 0 Å². The maximum absolute atomic E-state index is 11.6. The first-order chi connectivity index (χ1) is 11.9. The summed E-state index contributed by atoms with van der Waals surface area (Å²) in [6.07, 6.45) is 1.80. The van der Waals surface area contributed by atoms with Crippen LogP contribution in [-0.2, 0) is 0 Å². The molecule has 2 aromatic heterocycles. The molecule has 1 amide bonds. The van der Waals surface area contributed by atoms with E-state index >= 15 is 0 Å². The van der Waals surface area contributed by atoms with E-state index < -0.39 is 17.8 Å². The number of ether oxygens (including phenoxy) is 2. The van der Waals surface area contributed by atoms with Crippen molar-refractivity contribution in [2.45, 2.75) is 32.3 Å². The highest BCUT2D eigenvalue weighted by atomic mass is 32.1. The van der Waals surface area contributed by atoms with E-state index in [1.54, 1.807) is 5.38 Å². The molecular weight excluding hydrogens is 346 g/mol. The Labute approximate surface area is 149 Å². The SMILES string of the molecule is CCCC[C@H](O)c1nc(-c2nc(C(N)=O)c(O)c(OC)c2OC)cs1. The molecule has 2 rings (SSSR count). The first kappa shape index (κ1) is 18.9. The van der Waals surface area contributed by atoms with Crippen molar-refractivity contribution in [1.82, 2.24) is 9.97 Å². The molecule has 4 N–H and O–H groups in total. The second kappa shape index (κ2) is 8.13. The van der Waals surface area contributed by atoms with Crippen LogP contribution >= 0.6 is 11.3 Å². The van der Waals surface area contributed by atoms with Gasteiger partial charge in [-0.2, -0.15) is 0 Å². The molecule has 0 unspecified atom stereocenters. The largest absolute Gasteiger partial charge is 0.503 e. The number of nitrogens with two attached hydrogens (primary N) is 1. The van der Waals surface area contributed by atoms with Gasteiger partial charge in [0.15, 0.2) is 17.2 Å². The van der Waals surface area contributed by atoms with Crippen LogP contribution in [0.25, 0.3) is 11.4 Å². The molecule has 0 saturated carbocycles. The lowest BCUT2D eigenvalue weighted by molar-refractivity contribution is 0.0992. The van der Waals surface area contributed by atoms with Gasteiger partial charge in [0.05, 0.1) is 14.2 Å². The van der Waals surface area contributed by atoms with Crippen molar-refractivity contribution < 1.29 is 24.5 Å².